The lowest BCUT2D eigenvalue weighted by Crippen LogP contribution is -2.54. The number of barbiturate groups is 1. The van der Waals surface area contributed by atoms with E-state index < -0.39 is 17.8 Å². The molecular weight excluding hydrogens is 475 g/mol. The van der Waals surface area contributed by atoms with Gasteiger partial charge < -0.3 is 9.47 Å². The van der Waals surface area contributed by atoms with Gasteiger partial charge >= 0.3 is 6.03 Å². The smallest absolute Gasteiger partial charge is 0.335 e. The van der Waals surface area contributed by atoms with E-state index in [9.17, 15) is 18.8 Å². The molecule has 37 heavy (non-hydrogen) atoms. The molecule has 188 valence electrons. The van der Waals surface area contributed by atoms with Crippen molar-refractivity contribution < 1.29 is 28.2 Å². The number of hydrogen-bond acceptors (Lipinski definition) is 5. The molecule has 0 atom stereocenters. The Morgan fingerprint density at radius 1 is 1.00 bits per heavy atom. The number of anilines is 1. The highest BCUT2D eigenvalue weighted by molar-refractivity contribution is 6.39. The van der Waals surface area contributed by atoms with Gasteiger partial charge in [-0.15, -0.1) is 6.58 Å². The predicted molar refractivity (Wildman–Crippen MR) is 138 cm³/mol. The molecule has 0 aromatic heterocycles. The average Bonchev–Trinajstić information content (AvgIpc) is 2.87. The molecule has 0 spiro atoms. The van der Waals surface area contributed by atoms with E-state index in [1.54, 1.807) is 60.7 Å². The number of imide groups is 2. The van der Waals surface area contributed by atoms with Gasteiger partial charge in [0.15, 0.2) is 11.5 Å². The van der Waals surface area contributed by atoms with Gasteiger partial charge in [-0.05, 0) is 66.9 Å². The minimum absolute atomic E-state index is 0.109. The fourth-order valence-electron chi connectivity index (χ4n) is 3.92. The molecule has 0 radical (unpaired) electrons. The highest BCUT2D eigenvalue weighted by Gasteiger charge is 2.36. The third kappa shape index (κ3) is 5.75. The normalized spacial score (nSPS) is 14.5. The van der Waals surface area contributed by atoms with Crippen LogP contribution in [-0.2, 0) is 22.6 Å². The zero-order valence-corrected chi connectivity index (χ0v) is 20.2. The van der Waals surface area contributed by atoms with Gasteiger partial charge in [-0.25, -0.2) is 14.1 Å². The number of nitrogens with zero attached hydrogens (tertiary/aromatic N) is 1. The number of rotatable bonds is 9. The van der Waals surface area contributed by atoms with Crippen molar-refractivity contribution in [2.45, 2.75) is 20.0 Å². The molecule has 3 aromatic carbocycles. The van der Waals surface area contributed by atoms with Crippen LogP contribution in [0.25, 0.3) is 6.08 Å². The van der Waals surface area contributed by atoms with Crippen molar-refractivity contribution in [3.05, 3.63) is 107 Å². The van der Waals surface area contributed by atoms with Crippen molar-refractivity contribution in [3.63, 3.8) is 0 Å². The van der Waals surface area contributed by atoms with E-state index >= 15 is 0 Å². The number of hydrogen-bond donors (Lipinski definition) is 1. The van der Waals surface area contributed by atoms with E-state index in [-0.39, 0.29) is 18.0 Å². The van der Waals surface area contributed by atoms with Crippen LogP contribution < -0.4 is 19.7 Å². The summed E-state index contributed by atoms with van der Waals surface area (Å²) in [4.78, 5) is 39.2. The highest BCUT2D eigenvalue weighted by atomic mass is 19.1. The fraction of sp³-hybridized carbons (Fsp3) is 0.138. The SMILES string of the molecule is C=CCc1cc(/C=C2\C(=O)NC(=O)N(c3ccccc3)C2=O)cc(OCC)c1OCc1cccc(F)c1. The summed E-state index contributed by atoms with van der Waals surface area (Å²) in [5, 5.41) is 2.22. The second kappa shape index (κ2) is 11.3. The van der Waals surface area contributed by atoms with Crippen LogP contribution >= 0.6 is 0 Å². The molecule has 1 saturated heterocycles. The number of amides is 4. The number of carbonyl (C=O) groups excluding carboxylic acids is 3. The minimum atomic E-state index is -0.818. The molecule has 7 nitrogen and oxygen atoms in total. The number of urea groups is 1. The largest absolute Gasteiger partial charge is 0.490 e. The van der Waals surface area contributed by atoms with Crippen molar-refractivity contribution in [3.8, 4) is 11.5 Å². The lowest BCUT2D eigenvalue weighted by Gasteiger charge is -2.26. The summed E-state index contributed by atoms with van der Waals surface area (Å²) in [5.74, 6) is -1.05. The fourth-order valence-corrected chi connectivity index (χ4v) is 3.92. The molecule has 1 heterocycles. The van der Waals surface area contributed by atoms with Crippen molar-refractivity contribution >= 4 is 29.6 Å². The summed E-state index contributed by atoms with van der Waals surface area (Å²) in [6.45, 7) is 6.06. The Hall–Kier alpha value is -4.72. The zero-order chi connectivity index (χ0) is 26.4. The molecular formula is C29H25FN2O5. The summed E-state index contributed by atoms with van der Waals surface area (Å²) < 4.78 is 25.5. The summed E-state index contributed by atoms with van der Waals surface area (Å²) in [6, 6.07) is 17.0. The van der Waals surface area contributed by atoms with Crippen molar-refractivity contribution in [1.29, 1.82) is 0 Å². The van der Waals surface area contributed by atoms with E-state index in [1.165, 1.54) is 18.2 Å². The second-order valence-corrected chi connectivity index (χ2v) is 8.15. The lowest BCUT2D eigenvalue weighted by atomic mass is 10.0. The first kappa shape index (κ1) is 25.4. The van der Waals surface area contributed by atoms with Gasteiger partial charge in [0.05, 0.1) is 12.3 Å². The second-order valence-electron chi connectivity index (χ2n) is 8.15. The van der Waals surface area contributed by atoms with Crippen LogP contribution in [0.5, 0.6) is 11.5 Å². The molecule has 3 aromatic rings. The van der Waals surface area contributed by atoms with Crippen LogP contribution in [0.15, 0.2) is 85.0 Å². The van der Waals surface area contributed by atoms with Gasteiger partial charge in [-0.1, -0.05) is 36.4 Å². The maximum atomic E-state index is 13.6. The molecule has 0 bridgehead atoms. The molecule has 0 aliphatic carbocycles. The third-order valence-electron chi connectivity index (χ3n) is 5.52. The van der Waals surface area contributed by atoms with E-state index in [0.717, 1.165) is 4.90 Å². The molecule has 0 unspecified atom stereocenters. The first-order valence-corrected chi connectivity index (χ1v) is 11.7. The number of benzene rings is 3. The van der Waals surface area contributed by atoms with Crippen LogP contribution in [0.1, 0.15) is 23.6 Å². The minimum Gasteiger partial charge on any atom is -0.490 e. The maximum Gasteiger partial charge on any atom is 0.335 e. The predicted octanol–water partition coefficient (Wildman–Crippen LogP) is 5.20. The summed E-state index contributed by atoms with van der Waals surface area (Å²) in [6.07, 6.45) is 3.50. The first-order chi connectivity index (χ1) is 17.9. The molecule has 0 saturated carbocycles. The Morgan fingerprint density at radius 2 is 1.78 bits per heavy atom. The number of halogens is 1. The number of para-hydroxylation sites is 1. The van der Waals surface area contributed by atoms with Crippen LogP contribution in [-0.4, -0.2) is 24.5 Å². The number of nitrogens with one attached hydrogen (secondary N) is 1. The summed E-state index contributed by atoms with van der Waals surface area (Å²) >= 11 is 0. The van der Waals surface area contributed by atoms with Gasteiger partial charge in [0.25, 0.3) is 11.8 Å². The molecule has 1 aliphatic heterocycles. The van der Waals surface area contributed by atoms with Crippen LogP contribution in [0.3, 0.4) is 0 Å². The number of ether oxygens (including phenoxy) is 2. The van der Waals surface area contributed by atoms with Crippen LogP contribution in [0.4, 0.5) is 14.9 Å². The van der Waals surface area contributed by atoms with Gasteiger partial charge in [0, 0.05) is 5.56 Å². The Bertz CT molecular complexity index is 1380. The van der Waals surface area contributed by atoms with E-state index in [2.05, 4.69) is 11.9 Å². The molecule has 1 fully saturated rings. The molecule has 8 heteroatoms. The van der Waals surface area contributed by atoms with Gasteiger partial charge in [0.2, 0.25) is 0 Å². The van der Waals surface area contributed by atoms with Gasteiger partial charge in [0.1, 0.15) is 18.0 Å². The van der Waals surface area contributed by atoms with Gasteiger partial charge in [-0.2, -0.15) is 0 Å². The Balaban J connectivity index is 1.72. The van der Waals surface area contributed by atoms with Crippen molar-refractivity contribution in [2.75, 3.05) is 11.5 Å². The summed E-state index contributed by atoms with van der Waals surface area (Å²) in [5.41, 5.74) is 1.98. The number of carbonyl (C=O) groups is 3. The third-order valence-corrected chi connectivity index (χ3v) is 5.52. The highest BCUT2D eigenvalue weighted by Crippen LogP contribution is 2.36. The zero-order valence-electron chi connectivity index (χ0n) is 20.2. The van der Waals surface area contributed by atoms with Crippen molar-refractivity contribution in [2.24, 2.45) is 0 Å². The topological polar surface area (TPSA) is 84.9 Å². The van der Waals surface area contributed by atoms with E-state index in [1.807, 2.05) is 6.92 Å². The van der Waals surface area contributed by atoms with Gasteiger partial charge in [-0.3, -0.25) is 14.9 Å². The Labute approximate surface area is 213 Å². The van der Waals surface area contributed by atoms with Crippen LogP contribution in [0.2, 0.25) is 0 Å². The molecule has 1 aliphatic rings. The van der Waals surface area contributed by atoms with Crippen molar-refractivity contribution in [1.82, 2.24) is 5.32 Å². The molecule has 4 amide bonds. The quantitative estimate of drug-likeness (QED) is 0.248. The summed E-state index contributed by atoms with van der Waals surface area (Å²) in [7, 11) is 0. The van der Waals surface area contributed by atoms with E-state index in [0.29, 0.717) is 46.9 Å². The standard InChI is InChI=1S/C29H25FN2O5/c1-3-9-21-14-20(17-25(36-4-2)26(21)37-18-19-10-8-11-22(30)15-19)16-24-27(33)31-29(35)32(28(24)34)23-12-6-5-7-13-23/h3,5-8,10-17H,1,4,9,18H2,2H3,(H,31,33,35)/b24-16+. The Kier molecular flexibility index (Phi) is 7.78. The molecule has 4 rings (SSSR count). The Morgan fingerprint density at radius 3 is 2.49 bits per heavy atom. The van der Waals surface area contributed by atoms with E-state index in [4.69, 9.17) is 9.47 Å². The maximum absolute atomic E-state index is 13.6. The van der Waals surface area contributed by atoms with Crippen LogP contribution in [0, 0.1) is 5.82 Å². The molecule has 1 N–H and O–H groups in total. The average molecular weight is 501 g/mol. The first-order valence-electron chi connectivity index (χ1n) is 11.7. The monoisotopic (exact) mass is 500 g/mol. The lowest BCUT2D eigenvalue weighted by molar-refractivity contribution is -0.122. The number of allylic oxidation sites excluding steroid dienone is 1.